The van der Waals surface area contributed by atoms with Crippen LogP contribution in [0.4, 0.5) is 5.69 Å². The van der Waals surface area contributed by atoms with Crippen LogP contribution in [0.5, 0.6) is 5.75 Å². The third-order valence-electron chi connectivity index (χ3n) is 2.54. The summed E-state index contributed by atoms with van der Waals surface area (Å²) >= 11 is 0. The molecule has 0 aliphatic heterocycles. The van der Waals surface area contributed by atoms with Crippen LogP contribution >= 0.6 is 0 Å². The van der Waals surface area contributed by atoms with Crippen molar-refractivity contribution in [2.24, 2.45) is 5.16 Å². The molecule has 0 fully saturated rings. The zero-order valence-corrected chi connectivity index (χ0v) is 10.5. The zero-order chi connectivity index (χ0) is 13.7. The molecule has 2 aromatic carbocycles. The van der Waals surface area contributed by atoms with Crippen LogP contribution in [0.2, 0.25) is 0 Å². The summed E-state index contributed by atoms with van der Waals surface area (Å²) < 4.78 is 0. The van der Waals surface area contributed by atoms with Gasteiger partial charge in [-0.3, -0.25) is 0 Å². The summed E-state index contributed by atoms with van der Waals surface area (Å²) in [5, 5.41) is 12.9. The number of nitrogen functional groups attached to an aromatic ring is 1. The largest absolute Gasteiger partial charge is 0.399 e. The first-order valence-electron chi connectivity index (χ1n) is 5.77. The first kappa shape index (κ1) is 12.7. The topological polar surface area (TPSA) is 71.4 Å². The quantitative estimate of drug-likeness (QED) is 0.518. The van der Waals surface area contributed by atoms with E-state index < -0.39 is 0 Å². The van der Waals surface area contributed by atoms with E-state index in [-0.39, 0.29) is 0 Å². The monoisotopic (exact) mass is 251 g/mol. The van der Waals surface area contributed by atoms with Gasteiger partial charge >= 0.3 is 0 Å². The molecule has 0 aliphatic rings. The van der Waals surface area contributed by atoms with Crippen molar-refractivity contribution < 1.29 is 4.84 Å². The summed E-state index contributed by atoms with van der Waals surface area (Å²) in [7, 11) is 0. The summed E-state index contributed by atoms with van der Waals surface area (Å²) in [6.07, 6.45) is 0. The van der Waals surface area contributed by atoms with Gasteiger partial charge in [0.2, 0.25) is 0 Å². The Labute approximate surface area is 111 Å². The molecule has 4 heteroatoms. The lowest BCUT2D eigenvalue weighted by Gasteiger charge is -2.03. The maximum atomic E-state index is 8.84. The molecule has 0 amide bonds. The van der Waals surface area contributed by atoms with E-state index >= 15 is 0 Å². The Morgan fingerprint density at radius 3 is 2.63 bits per heavy atom. The maximum absolute atomic E-state index is 8.84. The van der Waals surface area contributed by atoms with Crippen LogP contribution in [0.3, 0.4) is 0 Å². The second kappa shape index (κ2) is 5.69. The van der Waals surface area contributed by atoms with Gasteiger partial charge in [-0.05, 0) is 18.6 Å². The first-order valence-corrected chi connectivity index (χ1v) is 5.77. The third kappa shape index (κ3) is 3.33. The van der Waals surface area contributed by atoms with E-state index in [0.29, 0.717) is 17.0 Å². The fraction of sp³-hybridized carbons (Fsp3) is 0.0667. The summed E-state index contributed by atoms with van der Waals surface area (Å²) in [6, 6.07) is 16.5. The van der Waals surface area contributed by atoms with E-state index in [1.165, 1.54) is 0 Å². The normalized spacial score (nSPS) is 10.8. The van der Waals surface area contributed by atoms with Crippen molar-refractivity contribution in [3.05, 3.63) is 59.7 Å². The number of rotatable bonds is 3. The van der Waals surface area contributed by atoms with Gasteiger partial charge in [-0.1, -0.05) is 35.5 Å². The second-order valence-electron chi connectivity index (χ2n) is 4.04. The van der Waals surface area contributed by atoms with Crippen LogP contribution < -0.4 is 10.6 Å². The fourth-order valence-electron chi connectivity index (χ4n) is 1.59. The number of hydrogen-bond acceptors (Lipinski definition) is 4. The standard InChI is InChI=1S/C15H13N3O/c1-11(13-5-3-2-4-6-13)18-19-15-8-12(10-16)7-14(17)9-15/h2-9H,17H2,1H3/b18-11+. The van der Waals surface area contributed by atoms with Crippen LogP contribution in [0.1, 0.15) is 18.1 Å². The molecule has 4 nitrogen and oxygen atoms in total. The van der Waals surface area contributed by atoms with E-state index in [1.807, 2.05) is 43.3 Å². The predicted molar refractivity (Wildman–Crippen MR) is 74.9 cm³/mol. The Kier molecular flexibility index (Phi) is 3.79. The van der Waals surface area contributed by atoms with Crippen LogP contribution in [-0.4, -0.2) is 5.71 Å². The zero-order valence-electron chi connectivity index (χ0n) is 10.5. The van der Waals surface area contributed by atoms with Gasteiger partial charge in [0.25, 0.3) is 0 Å². The average molecular weight is 251 g/mol. The van der Waals surface area contributed by atoms with Gasteiger partial charge in [0, 0.05) is 17.8 Å². The van der Waals surface area contributed by atoms with Crippen molar-refractivity contribution in [1.82, 2.24) is 0 Å². The Bertz CT molecular complexity index is 642. The van der Waals surface area contributed by atoms with Gasteiger partial charge in [0.05, 0.1) is 17.3 Å². The van der Waals surface area contributed by atoms with Crippen LogP contribution in [0, 0.1) is 11.3 Å². The lowest BCUT2D eigenvalue weighted by atomic mass is 10.1. The molecule has 0 bridgehead atoms. The Balaban J connectivity index is 2.19. The van der Waals surface area contributed by atoms with E-state index in [0.717, 1.165) is 11.3 Å². The van der Waals surface area contributed by atoms with Gasteiger partial charge in [0.15, 0.2) is 5.75 Å². The summed E-state index contributed by atoms with van der Waals surface area (Å²) in [4.78, 5) is 5.30. The van der Waals surface area contributed by atoms with E-state index in [1.54, 1.807) is 18.2 Å². The molecule has 2 N–H and O–H groups in total. The van der Waals surface area contributed by atoms with Gasteiger partial charge in [-0.2, -0.15) is 5.26 Å². The molecule has 0 saturated heterocycles. The van der Waals surface area contributed by atoms with Crippen molar-refractivity contribution in [3.63, 3.8) is 0 Å². The van der Waals surface area contributed by atoms with Crippen LogP contribution in [0.15, 0.2) is 53.7 Å². The molecule has 0 unspecified atom stereocenters. The maximum Gasteiger partial charge on any atom is 0.161 e. The first-order chi connectivity index (χ1) is 9.19. The SMILES string of the molecule is C/C(=N\Oc1cc(N)cc(C#N)c1)c1ccccc1. The van der Waals surface area contributed by atoms with E-state index in [4.69, 9.17) is 15.8 Å². The van der Waals surface area contributed by atoms with Gasteiger partial charge < -0.3 is 10.6 Å². The molecule has 2 aromatic rings. The van der Waals surface area contributed by atoms with Crippen molar-refractivity contribution in [2.75, 3.05) is 5.73 Å². The van der Waals surface area contributed by atoms with Crippen molar-refractivity contribution in [3.8, 4) is 11.8 Å². The molecule has 0 atom stereocenters. The second-order valence-corrected chi connectivity index (χ2v) is 4.04. The minimum Gasteiger partial charge on any atom is -0.399 e. The molecule has 0 aliphatic carbocycles. The number of hydrogen-bond donors (Lipinski definition) is 1. The summed E-state index contributed by atoms with van der Waals surface area (Å²) in [5.74, 6) is 0.451. The van der Waals surface area contributed by atoms with E-state index in [9.17, 15) is 0 Å². The van der Waals surface area contributed by atoms with Crippen molar-refractivity contribution in [1.29, 1.82) is 5.26 Å². The third-order valence-corrected chi connectivity index (χ3v) is 2.54. The molecule has 0 heterocycles. The molecule has 0 radical (unpaired) electrons. The molecule has 19 heavy (non-hydrogen) atoms. The highest BCUT2D eigenvalue weighted by atomic mass is 16.6. The Morgan fingerprint density at radius 1 is 1.21 bits per heavy atom. The number of nitriles is 1. The molecule has 94 valence electrons. The Morgan fingerprint density at radius 2 is 1.95 bits per heavy atom. The molecule has 0 aromatic heterocycles. The lowest BCUT2D eigenvalue weighted by molar-refractivity contribution is 0.341. The van der Waals surface area contributed by atoms with Crippen molar-refractivity contribution in [2.45, 2.75) is 6.92 Å². The van der Waals surface area contributed by atoms with Crippen LogP contribution in [-0.2, 0) is 0 Å². The molecule has 0 spiro atoms. The average Bonchev–Trinajstić information content (AvgIpc) is 2.45. The molecular formula is C15H13N3O. The number of nitrogens with two attached hydrogens (primary N) is 1. The molecule has 0 saturated carbocycles. The minimum absolute atomic E-state index is 0.447. The summed E-state index contributed by atoms with van der Waals surface area (Å²) in [6.45, 7) is 1.85. The van der Waals surface area contributed by atoms with Gasteiger partial charge in [0.1, 0.15) is 0 Å². The summed E-state index contributed by atoms with van der Waals surface area (Å²) in [5.41, 5.74) is 8.32. The Hall–Kier alpha value is -2.80. The van der Waals surface area contributed by atoms with Crippen molar-refractivity contribution >= 4 is 11.4 Å². The molecular weight excluding hydrogens is 238 g/mol. The van der Waals surface area contributed by atoms with Gasteiger partial charge in [-0.15, -0.1) is 0 Å². The molecule has 2 rings (SSSR count). The highest BCUT2D eigenvalue weighted by Crippen LogP contribution is 2.18. The number of anilines is 1. The number of oxime groups is 1. The fourth-order valence-corrected chi connectivity index (χ4v) is 1.59. The predicted octanol–water partition coefficient (Wildman–Crippen LogP) is 2.94. The highest BCUT2D eigenvalue weighted by Gasteiger charge is 2.01. The van der Waals surface area contributed by atoms with Crippen LogP contribution in [0.25, 0.3) is 0 Å². The number of nitrogens with zero attached hydrogens (tertiary/aromatic N) is 2. The minimum atomic E-state index is 0.447. The van der Waals surface area contributed by atoms with Gasteiger partial charge in [-0.25, -0.2) is 0 Å². The number of benzene rings is 2. The highest BCUT2D eigenvalue weighted by molar-refractivity contribution is 5.98. The lowest BCUT2D eigenvalue weighted by Crippen LogP contribution is -1.98. The van der Waals surface area contributed by atoms with E-state index in [2.05, 4.69) is 5.16 Å². The smallest absolute Gasteiger partial charge is 0.161 e.